The number of rotatable bonds is 7. The monoisotopic (exact) mass is 674 g/mol. The third kappa shape index (κ3) is 5.07. The number of carbonyl (C=O) groups is 1. The summed E-state index contributed by atoms with van der Waals surface area (Å²) in [6.45, 7) is 6.85. The Morgan fingerprint density at radius 2 is 1.43 bits per heavy atom. The molecule has 6 aliphatic rings. The van der Waals surface area contributed by atoms with Crippen molar-refractivity contribution in [1.29, 1.82) is 0 Å². The van der Waals surface area contributed by atoms with Gasteiger partial charge in [0.2, 0.25) is 6.29 Å². The summed E-state index contributed by atoms with van der Waals surface area (Å²) in [5.74, 6) is -1.06. The summed E-state index contributed by atoms with van der Waals surface area (Å²) in [6, 6.07) is 0. The smallest absolute Gasteiger partial charge is 0.348 e. The van der Waals surface area contributed by atoms with E-state index in [4.69, 9.17) is 24.0 Å². The quantitative estimate of drug-likeness (QED) is 0.0631. The van der Waals surface area contributed by atoms with Gasteiger partial charge in [-0.1, -0.05) is 19.9 Å². The molecule has 3 unspecified atom stereocenters. The first-order valence-corrected chi connectivity index (χ1v) is 16.6. The number of hydrogen-bond donors (Lipinski definition) is 9. The lowest BCUT2D eigenvalue weighted by Gasteiger charge is -2.68. The molecule has 0 amide bonds. The zero-order valence-corrected chi connectivity index (χ0v) is 26.8. The van der Waals surface area contributed by atoms with Crippen molar-refractivity contribution in [1.82, 2.24) is 0 Å². The van der Waals surface area contributed by atoms with Crippen LogP contribution in [0.3, 0.4) is 0 Å². The van der Waals surface area contributed by atoms with Gasteiger partial charge in [0.05, 0.1) is 29.8 Å². The fourth-order valence-corrected chi connectivity index (χ4v) is 10.4. The fourth-order valence-electron chi connectivity index (χ4n) is 10.4. The Balaban J connectivity index is 1.20. The third-order valence-electron chi connectivity index (χ3n) is 13.1. The van der Waals surface area contributed by atoms with Crippen LogP contribution in [0.5, 0.6) is 0 Å². The van der Waals surface area contributed by atoms with Crippen molar-refractivity contribution in [2.24, 2.45) is 22.2 Å². The van der Waals surface area contributed by atoms with E-state index in [1.54, 1.807) is 6.92 Å². The molecule has 2 heterocycles. The topological polar surface area (TPSA) is 245 Å². The van der Waals surface area contributed by atoms with Gasteiger partial charge >= 0.3 is 5.97 Å². The molecule has 0 aromatic carbocycles. The number of ether oxygens (including phenoxy) is 3. The summed E-state index contributed by atoms with van der Waals surface area (Å²) in [7, 11) is 0. The second-order valence-corrected chi connectivity index (χ2v) is 15.4. The molecule has 47 heavy (non-hydrogen) atoms. The molecule has 4 aliphatic carbocycles. The Hall–Kier alpha value is -1.31. The minimum Gasteiger partial charge on any atom is -0.394 e. The molecule has 2 aliphatic heterocycles. The standard InChI is InChI=1S/C32H50O15/c1-15-11-30-8-5-18-28(2,27(41)47-46-26-24(40)22(38)20(36)17(13-34)44-26)6-4-7-29(18,3)32(30,42)10-9-31(15,14-30)45-25-23(39)21(37)19(35)16(12-33)43-25/h16-26,33-40,42H,1,4-14H2,2-3H3/t16-,17-,18?,19-,20-,21+,22+,23-,24-,25+,26+,28-,29-,30?,31?,32+/m1/s1. The molecule has 6 fully saturated rings. The van der Waals surface area contributed by atoms with E-state index in [2.05, 4.69) is 6.58 Å². The number of aliphatic hydroxyl groups is 9. The predicted octanol–water partition coefficient (Wildman–Crippen LogP) is -1.72. The van der Waals surface area contributed by atoms with Crippen molar-refractivity contribution in [3.05, 3.63) is 12.2 Å². The van der Waals surface area contributed by atoms with Crippen LogP contribution in [0.4, 0.5) is 0 Å². The molecule has 0 aromatic heterocycles. The second kappa shape index (κ2) is 12.2. The van der Waals surface area contributed by atoms with E-state index >= 15 is 0 Å². The maximum atomic E-state index is 13.8. The molecule has 2 saturated heterocycles. The van der Waals surface area contributed by atoms with Crippen LogP contribution in [-0.4, -0.2) is 138 Å². The number of aliphatic hydroxyl groups excluding tert-OH is 8. The summed E-state index contributed by atoms with van der Waals surface area (Å²) in [6.07, 6.45) is -10.9. The Bertz CT molecular complexity index is 1210. The highest BCUT2D eigenvalue weighted by Crippen LogP contribution is 2.75. The van der Waals surface area contributed by atoms with E-state index in [9.17, 15) is 50.8 Å². The van der Waals surface area contributed by atoms with Crippen molar-refractivity contribution in [2.45, 2.75) is 144 Å². The molecule has 6 rings (SSSR count). The normalized spacial score (nSPS) is 54.4. The highest BCUT2D eigenvalue weighted by molar-refractivity contribution is 5.76. The van der Waals surface area contributed by atoms with Gasteiger partial charge in [-0.2, -0.15) is 0 Å². The number of fused-ring (bicyclic) bond motifs is 3. The van der Waals surface area contributed by atoms with Crippen LogP contribution in [0, 0.1) is 22.2 Å². The molecule has 0 aromatic rings. The van der Waals surface area contributed by atoms with Crippen molar-refractivity contribution in [3.63, 3.8) is 0 Å². The van der Waals surface area contributed by atoms with Gasteiger partial charge in [-0.15, -0.1) is 4.89 Å². The van der Waals surface area contributed by atoms with Gasteiger partial charge in [0.15, 0.2) is 6.29 Å². The van der Waals surface area contributed by atoms with Gasteiger partial charge in [-0.3, -0.25) is 4.89 Å². The molecule has 15 nitrogen and oxygen atoms in total. The van der Waals surface area contributed by atoms with E-state index in [0.29, 0.717) is 57.8 Å². The lowest BCUT2D eigenvalue weighted by Crippen LogP contribution is -2.70. The summed E-state index contributed by atoms with van der Waals surface area (Å²) in [4.78, 5) is 24.2. The van der Waals surface area contributed by atoms with Crippen LogP contribution in [0.1, 0.15) is 71.6 Å². The highest BCUT2D eigenvalue weighted by atomic mass is 17.2. The summed E-state index contributed by atoms with van der Waals surface area (Å²) in [5.41, 5.74) is -4.03. The van der Waals surface area contributed by atoms with Gasteiger partial charge in [0.1, 0.15) is 48.8 Å². The summed E-state index contributed by atoms with van der Waals surface area (Å²) in [5, 5.41) is 93.8. The van der Waals surface area contributed by atoms with Crippen LogP contribution < -0.4 is 0 Å². The van der Waals surface area contributed by atoms with Crippen molar-refractivity contribution in [3.8, 4) is 0 Å². The second-order valence-electron chi connectivity index (χ2n) is 15.4. The molecule has 16 atom stereocenters. The first kappa shape index (κ1) is 35.5. The molecule has 268 valence electrons. The maximum absolute atomic E-state index is 13.8. The molecule has 1 spiro atoms. The Kier molecular flexibility index (Phi) is 9.20. The minimum atomic E-state index is -1.75. The first-order valence-electron chi connectivity index (χ1n) is 16.6. The molecule has 9 N–H and O–H groups in total. The number of carbonyl (C=O) groups excluding carboxylic acids is 1. The van der Waals surface area contributed by atoms with Gasteiger partial charge in [0, 0.05) is 10.8 Å². The van der Waals surface area contributed by atoms with E-state index in [1.807, 2.05) is 6.92 Å². The summed E-state index contributed by atoms with van der Waals surface area (Å²) < 4.78 is 17.4. The van der Waals surface area contributed by atoms with Crippen LogP contribution in [0.15, 0.2) is 12.2 Å². The maximum Gasteiger partial charge on any atom is 0.348 e. The molecule has 2 bridgehead atoms. The van der Waals surface area contributed by atoms with Gasteiger partial charge < -0.3 is 60.2 Å². The van der Waals surface area contributed by atoms with Crippen molar-refractivity contribution < 1.29 is 74.7 Å². The molecule has 4 saturated carbocycles. The Morgan fingerprint density at radius 1 is 0.830 bits per heavy atom. The zero-order chi connectivity index (χ0) is 34.3. The van der Waals surface area contributed by atoms with E-state index in [-0.39, 0.29) is 5.92 Å². The zero-order valence-electron chi connectivity index (χ0n) is 26.8. The molecule has 0 radical (unpaired) electrons. The SMILES string of the molecule is C=C1CC23CCC4[C@](C)(C(=O)OO[C@@H]5O[C@H](CO)[C@@H](O)[C@H](O)[C@H]5O)CCC[C@@]4(C)[C@@]2(O)CCC1(O[C@@H]1O[C@H](CO)[C@@H](O)[C@H](O)[C@H]1O)C3. The average molecular weight is 675 g/mol. The Labute approximate surface area is 272 Å². The minimum absolute atomic E-state index is 0.295. The Morgan fingerprint density at radius 3 is 2.04 bits per heavy atom. The highest BCUT2D eigenvalue weighted by Gasteiger charge is 2.75. The molecular weight excluding hydrogens is 624 g/mol. The van der Waals surface area contributed by atoms with E-state index in [1.165, 1.54) is 0 Å². The average Bonchev–Trinajstić information content (AvgIpc) is 3.28. The first-order chi connectivity index (χ1) is 22.0. The van der Waals surface area contributed by atoms with E-state index < -0.39 is 108 Å². The summed E-state index contributed by atoms with van der Waals surface area (Å²) >= 11 is 0. The van der Waals surface area contributed by atoms with Crippen LogP contribution in [-0.2, 0) is 28.8 Å². The fraction of sp³-hybridized carbons (Fsp3) is 0.906. The van der Waals surface area contributed by atoms with Gasteiger partial charge in [-0.25, -0.2) is 4.79 Å². The van der Waals surface area contributed by atoms with Crippen molar-refractivity contribution >= 4 is 5.97 Å². The molecule has 15 heteroatoms. The molecular formula is C32H50O15. The van der Waals surface area contributed by atoms with Gasteiger partial charge in [0.25, 0.3) is 0 Å². The van der Waals surface area contributed by atoms with Gasteiger partial charge in [-0.05, 0) is 69.8 Å². The predicted molar refractivity (Wildman–Crippen MR) is 156 cm³/mol. The van der Waals surface area contributed by atoms with Crippen LogP contribution in [0.25, 0.3) is 0 Å². The van der Waals surface area contributed by atoms with Crippen LogP contribution >= 0.6 is 0 Å². The number of hydrogen-bond acceptors (Lipinski definition) is 15. The van der Waals surface area contributed by atoms with E-state index in [0.717, 1.165) is 5.57 Å². The lowest BCUT2D eigenvalue weighted by atomic mass is 9.38. The van der Waals surface area contributed by atoms with Crippen molar-refractivity contribution in [2.75, 3.05) is 13.2 Å². The largest absolute Gasteiger partial charge is 0.394 e. The van der Waals surface area contributed by atoms with Crippen LogP contribution in [0.2, 0.25) is 0 Å². The lowest BCUT2D eigenvalue weighted by molar-refractivity contribution is -0.409. The third-order valence-corrected chi connectivity index (χ3v) is 13.1.